The predicted octanol–water partition coefficient (Wildman–Crippen LogP) is 6.82. The number of halogens is 8. The summed E-state index contributed by atoms with van der Waals surface area (Å²) in [6, 6.07) is 9.62. The van der Waals surface area contributed by atoms with Crippen molar-refractivity contribution in [2.45, 2.75) is 18.3 Å². The van der Waals surface area contributed by atoms with Crippen molar-refractivity contribution in [2.75, 3.05) is 0 Å². The van der Waals surface area contributed by atoms with Gasteiger partial charge < -0.3 is 8.83 Å². The van der Waals surface area contributed by atoms with Crippen LogP contribution in [0.15, 0.2) is 45.2 Å². The van der Waals surface area contributed by atoms with Crippen LogP contribution in [-0.2, 0) is 12.4 Å². The Kier molecular flexibility index (Phi) is 4.42. The van der Waals surface area contributed by atoms with E-state index in [2.05, 4.69) is 18.8 Å². The fraction of sp³-hybridized carbons (Fsp3) is 0.143. The van der Waals surface area contributed by atoms with Gasteiger partial charge in [-0.1, -0.05) is 36.4 Å². The van der Waals surface area contributed by atoms with Crippen molar-refractivity contribution < 1.29 is 44.0 Å². The average molecular weight is 472 g/mol. The van der Waals surface area contributed by atoms with Gasteiger partial charge in [0.1, 0.15) is 0 Å². The molecule has 0 fully saturated rings. The Morgan fingerprint density at radius 3 is 1.97 bits per heavy atom. The van der Waals surface area contributed by atoms with Crippen molar-refractivity contribution in [3.05, 3.63) is 82.7 Å². The second-order valence-corrected chi connectivity index (χ2v) is 7.13. The Morgan fingerprint density at radius 2 is 1.36 bits per heavy atom. The van der Waals surface area contributed by atoms with E-state index in [1.807, 2.05) is 0 Å². The van der Waals surface area contributed by atoms with E-state index in [0.717, 1.165) is 0 Å². The van der Waals surface area contributed by atoms with Gasteiger partial charge in [-0.05, 0) is 28.0 Å². The summed E-state index contributed by atoms with van der Waals surface area (Å²) < 4.78 is 116. The molecule has 5 rings (SSSR count). The van der Waals surface area contributed by atoms with Crippen LogP contribution in [0.25, 0.3) is 22.4 Å². The van der Waals surface area contributed by atoms with Crippen LogP contribution in [0, 0.1) is 11.9 Å². The zero-order valence-corrected chi connectivity index (χ0v) is 15.9. The van der Waals surface area contributed by atoms with E-state index in [1.54, 1.807) is 30.3 Å². The lowest BCUT2D eigenvalue weighted by atomic mass is 9.80. The van der Waals surface area contributed by atoms with Gasteiger partial charge in [0, 0.05) is 5.57 Å². The maximum atomic E-state index is 14.0. The van der Waals surface area contributed by atoms with E-state index >= 15 is 0 Å². The molecule has 4 aromatic rings. The van der Waals surface area contributed by atoms with Crippen LogP contribution >= 0.6 is 0 Å². The van der Waals surface area contributed by atoms with Gasteiger partial charge in [0.05, 0.1) is 5.92 Å². The molecule has 0 bridgehead atoms. The summed E-state index contributed by atoms with van der Waals surface area (Å²) in [5.41, 5.74) is 0.401. The maximum Gasteiger partial charge on any atom is 0.454 e. The topological polar surface area (TPSA) is 52.1 Å². The van der Waals surface area contributed by atoms with Gasteiger partial charge in [0.2, 0.25) is 11.8 Å². The molecule has 12 heteroatoms. The van der Waals surface area contributed by atoms with Crippen LogP contribution in [-0.4, -0.2) is 9.97 Å². The molecule has 0 amide bonds. The number of oxazole rings is 2. The van der Waals surface area contributed by atoms with E-state index in [9.17, 15) is 35.1 Å². The Morgan fingerprint density at radius 1 is 0.758 bits per heavy atom. The largest absolute Gasteiger partial charge is 0.454 e. The number of aromatic nitrogens is 2. The number of allylic oxidation sites excluding steroid dienone is 1. The van der Waals surface area contributed by atoms with Crippen LogP contribution in [0.2, 0.25) is 0 Å². The van der Waals surface area contributed by atoms with Crippen molar-refractivity contribution in [3.63, 3.8) is 0 Å². The Labute approximate surface area is 178 Å². The lowest BCUT2D eigenvalue weighted by Gasteiger charge is -2.23. The SMILES string of the molecule is Fc1nc(C2=Cc3cccc4cccc(c34)C2c2nc(F)c(C(F)(F)F)o2)oc1C(F)(F)F. The van der Waals surface area contributed by atoms with Crippen LogP contribution in [0.1, 0.15) is 40.3 Å². The molecule has 33 heavy (non-hydrogen) atoms. The first-order chi connectivity index (χ1) is 15.4. The minimum atomic E-state index is -5.21. The minimum absolute atomic E-state index is 0.239. The summed E-state index contributed by atoms with van der Waals surface area (Å²) in [5, 5.41) is 1.16. The summed E-state index contributed by atoms with van der Waals surface area (Å²) in [6.07, 6.45) is -9.16. The molecule has 1 atom stereocenters. The lowest BCUT2D eigenvalue weighted by Crippen LogP contribution is -2.10. The minimum Gasteiger partial charge on any atom is -0.432 e. The fourth-order valence-corrected chi connectivity index (χ4v) is 3.85. The molecule has 0 saturated carbocycles. The molecule has 0 spiro atoms. The van der Waals surface area contributed by atoms with Gasteiger partial charge in [0.25, 0.3) is 23.4 Å². The quantitative estimate of drug-likeness (QED) is 0.301. The summed E-state index contributed by atoms with van der Waals surface area (Å²) >= 11 is 0. The molecule has 1 aliphatic carbocycles. The van der Waals surface area contributed by atoms with E-state index in [1.165, 1.54) is 12.1 Å². The normalized spacial score (nSPS) is 16.4. The summed E-state index contributed by atoms with van der Waals surface area (Å²) in [5.74, 6) is -11.0. The van der Waals surface area contributed by atoms with Crippen LogP contribution in [0.4, 0.5) is 35.1 Å². The molecule has 0 aliphatic heterocycles. The predicted molar refractivity (Wildman–Crippen MR) is 96.6 cm³/mol. The van der Waals surface area contributed by atoms with E-state index in [0.29, 0.717) is 16.3 Å². The average Bonchev–Trinajstić information content (AvgIpc) is 3.30. The van der Waals surface area contributed by atoms with Crippen LogP contribution in [0.5, 0.6) is 0 Å². The van der Waals surface area contributed by atoms with Crippen LogP contribution in [0.3, 0.4) is 0 Å². The van der Waals surface area contributed by atoms with Crippen molar-refractivity contribution in [3.8, 4) is 0 Å². The van der Waals surface area contributed by atoms with Gasteiger partial charge in [-0.3, -0.25) is 0 Å². The number of rotatable bonds is 2. The highest BCUT2D eigenvalue weighted by atomic mass is 19.4. The molecule has 170 valence electrons. The molecule has 1 unspecified atom stereocenters. The molecule has 1 aliphatic rings. The molecule has 0 radical (unpaired) electrons. The van der Waals surface area contributed by atoms with Gasteiger partial charge in [0.15, 0.2) is 0 Å². The highest BCUT2D eigenvalue weighted by molar-refractivity contribution is 6.03. The number of nitrogens with zero attached hydrogens (tertiary/aromatic N) is 2. The highest BCUT2D eigenvalue weighted by Gasteiger charge is 2.44. The third-order valence-electron chi connectivity index (χ3n) is 5.10. The Hall–Kier alpha value is -3.70. The number of alkyl halides is 6. The van der Waals surface area contributed by atoms with Crippen molar-refractivity contribution in [1.29, 1.82) is 0 Å². The molecule has 2 heterocycles. The number of hydrogen-bond acceptors (Lipinski definition) is 4. The molecule has 0 saturated heterocycles. The first-order valence-electron chi connectivity index (χ1n) is 9.15. The van der Waals surface area contributed by atoms with Crippen molar-refractivity contribution in [1.82, 2.24) is 9.97 Å². The first kappa shape index (κ1) is 21.2. The van der Waals surface area contributed by atoms with Crippen LogP contribution < -0.4 is 0 Å². The lowest BCUT2D eigenvalue weighted by molar-refractivity contribution is -0.156. The van der Waals surface area contributed by atoms with E-state index in [-0.39, 0.29) is 11.1 Å². The third kappa shape index (κ3) is 3.36. The molecule has 0 N–H and O–H groups in total. The van der Waals surface area contributed by atoms with Gasteiger partial charge in [-0.2, -0.15) is 45.1 Å². The maximum absolute atomic E-state index is 14.0. The van der Waals surface area contributed by atoms with Gasteiger partial charge >= 0.3 is 12.4 Å². The number of benzene rings is 2. The van der Waals surface area contributed by atoms with Gasteiger partial charge in [-0.15, -0.1) is 0 Å². The van der Waals surface area contributed by atoms with Crippen molar-refractivity contribution >= 4 is 22.4 Å². The first-order valence-corrected chi connectivity index (χ1v) is 9.15. The Balaban J connectivity index is 1.79. The molecular weight excluding hydrogens is 464 g/mol. The second-order valence-electron chi connectivity index (χ2n) is 7.13. The molecule has 2 aromatic carbocycles. The zero-order chi connectivity index (χ0) is 23.7. The molecule has 2 aromatic heterocycles. The van der Waals surface area contributed by atoms with E-state index in [4.69, 9.17) is 0 Å². The molecule has 4 nitrogen and oxygen atoms in total. The monoisotopic (exact) mass is 472 g/mol. The summed E-state index contributed by atoms with van der Waals surface area (Å²) in [6.45, 7) is 0. The molecular formula is C21H8F8N2O2. The summed E-state index contributed by atoms with van der Waals surface area (Å²) in [7, 11) is 0. The summed E-state index contributed by atoms with van der Waals surface area (Å²) in [4.78, 5) is 6.42. The highest BCUT2D eigenvalue weighted by Crippen LogP contribution is 2.48. The van der Waals surface area contributed by atoms with Gasteiger partial charge in [-0.25, -0.2) is 0 Å². The van der Waals surface area contributed by atoms with E-state index < -0.39 is 53.5 Å². The number of hydrogen-bond donors (Lipinski definition) is 0. The zero-order valence-electron chi connectivity index (χ0n) is 15.9. The van der Waals surface area contributed by atoms with Crippen molar-refractivity contribution in [2.24, 2.45) is 0 Å². The third-order valence-corrected chi connectivity index (χ3v) is 5.10. The standard InChI is InChI=1S/C21H8F8N2O2/c22-16-14(20(24,25)26)32-18(30-16)11-7-9-5-1-3-8-4-2-6-10(12(8)9)13(11)19-31-17(23)15(33-19)21(27,28)29/h1-7,13H. The fourth-order valence-electron chi connectivity index (χ4n) is 3.85. The Bertz CT molecular complexity index is 1420. The smallest absolute Gasteiger partial charge is 0.432 e. The second kappa shape index (κ2) is 6.90.